The van der Waals surface area contributed by atoms with Crippen molar-refractivity contribution in [2.45, 2.75) is 18.4 Å². The zero-order valence-electron chi connectivity index (χ0n) is 14.4. The molecule has 0 fully saturated rings. The maximum absolute atomic E-state index is 10.3. The van der Waals surface area contributed by atoms with Gasteiger partial charge in [0.15, 0.2) is 5.60 Å². The first kappa shape index (κ1) is 23.7. The summed E-state index contributed by atoms with van der Waals surface area (Å²) < 4.78 is 0. The molecule has 27 heavy (non-hydrogen) atoms. The molecular formula is C18H22N2O7. The van der Waals surface area contributed by atoms with E-state index in [1.165, 1.54) is 11.1 Å². The number of nitrogens with two attached hydrogens (primary N) is 2. The SMILES string of the molecule is NN.O=C(O)CC(O)(CC(=O)O)C(=O)O.c1ccc(-c2ccccc2)cc1. The van der Waals surface area contributed by atoms with E-state index in [2.05, 4.69) is 60.2 Å². The predicted molar refractivity (Wildman–Crippen MR) is 97.3 cm³/mol. The van der Waals surface area contributed by atoms with Crippen molar-refractivity contribution in [2.24, 2.45) is 11.7 Å². The molecule has 8 N–H and O–H groups in total. The third-order valence-electron chi connectivity index (χ3n) is 3.17. The van der Waals surface area contributed by atoms with Gasteiger partial charge in [0.05, 0.1) is 12.8 Å². The Kier molecular flexibility index (Phi) is 10.7. The second kappa shape index (κ2) is 12.1. The fourth-order valence-corrected chi connectivity index (χ4v) is 1.98. The van der Waals surface area contributed by atoms with Gasteiger partial charge in [-0.25, -0.2) is 4.79 Å². The summed E-state index contributed by atoms with van der Waals surface area (Å²) in [4.78, 5) is 30.5. The van der Waals surface area contributed by atoms with Crippen molar-refractivity contribution in [3.63, 3.8) is 0 Å². The third kappa shape index (κ3) is 9.12. The number of aliphatic carboxylic acids is 3. The minimum Gasteiger partial charge on any atom is -0.481 e. The van der Waals surface area contributed by atoms with Gasteiger partial charge in [-0.15, -0.1) is 0 Å². The van der Waals surface area contributed by atoms with Crippen molar-refractivity contribution in [2.75, 3.05) is 0 Å². The molecule has 9 heteroatoms. The fourth-order valence-electron chi connectivity index (χ4n) is 1.98. The quantitative estimate of drug-likeness (QED) is 0.314. The summed E-state index contributed by atoms with van der Waals surface area (Å²) in [6.07, 6.45) is -2.29. The molecular weight excluding hydrogens is 356 g/mol. The first-order valence-corrected chi connectivity index (χ1v) is 7.58. The van der Waals surface area contributed by atoms with Crippen LogP contribution in [-0.4, -0.2) is 43.9 Å². The Morgan fingerprint density at radius 3 is 1.22 bits per heavy atom. The standard InChI is InChI=1S/C12H10.C6H8O7.H4N2/c1-3-7-11(8-4-1)12-9-5-2-6-10-12;7-3(8)1-6(13,5(11)12)2-4(9)10;1-2/h1-10H;13H,1-2H2,(H,7,8)(H,9,10)(H,11,12);1-2H2. The molecule has 0 aromatic heterocycles. The molecule has 0 radical (unpaired) electrons. The van der Waals surface area contributed by atoms with Crippen LogP contribution in [0.15, 0.2) is 60.7 Å². The van der Waals surface area contributed by atoms with Crippen LogP contribution in [0.4, 0.5) is 0 Å². The normalized spacial score (nSPS) is 9.74. The number of carboxylic acids is 3. The summed E-state index contributed by atoms with van der Waals surface area (Å²) in [6, 6.07) is 20.8. The predicted octanol–water partition coefficient (Wildman–Crippen LogP) is 0.924. The van der Waals surface area contributed by atoms with E-state index in [4.69, 9.17) is 20.4 Å². The van der Waals surface area contributed by atoms with Gasteiger partial charge < -0.3 is 20.4 Å². The van der Waals surface area contributed by atoms with E-state index in [0.717, 1.165) is 0 Å². The van der Waals surface area contributed by atoms with Crippen molar-refractivity contribution in [3.05, 3.63) is 60.7 Å². The highest BCUT2D eigenvalue weighted by molar-refractivity contribution is 5.88. The Labute approximate surface area is 155 Å². The summed E-state index contributed by atoms with van der Waals surface area (Å²) in [5.74, 6) is 2.98. The number of benzene rings is 2. The van der Waals surface area contributed by atoms with Gasteiger partial charge >= 0.3 is 17.9 Å². The lowest BCUT2D eigenvalue weighted by Crippen LogP contribution is -2.42. The Morgan fingerprint density at radius 1 is 0.704 bits per heavy atom. The second-order valence-corrected chi connectivity index (χ2v) is 5.21. The number of aliphatic hydroxyl groups is 1. The van der Waals surface area contributed by atoms with Crippen LogP contribution in [0.1, 0.15) is 12.8 Å². The van der Waals surface area contributed by atoms with E-state index < -0.39 is 36.4 Å². The third-order valence-corrected chi connectivity index (χ3v) is 3.17. The molecule has 0 aliphatic carbocycles. The fraction of sp³-hybridized carbons (Fsp3) is 0.167. The first-order chi connectivity index (χ1) is 12.7. The van der Waals surface area contributed by atoms with Crippen LogP contribution in [0.25, 0.3) is 11.1 Å². The minimum atomic E-state index is -2.74. The van der Waals surface area contributed by atoms with Crippen LogP contribution in [0.5, 0.6) is 0 Å². The summed E-state index contributed by atoms with van der Waals surface area (Å²) in [7, 11) is 0. The maximum Gasteiger partial charge on any atom is 0.336 e. The maximum atomic E-state index is 10.3. The van der Waals surface area contributed by atoms with Crippen LogP contribution in [0, 0.1) is 0 Å². The van der Waals surface area contributed by atoms with Gasteiger partial charge in [-0.3, -0.25) is 21.3 Å². The van der Waals surface area contributed by atoms with Crippen molar-refractivity contribution in [1.82, 2.24) is 0 Å². The zero-order valence-corrected chi connectivity index (χ0v) is 14.4. The van der Waals surface area contributed by atoms with Crippen molar-refractivity contribution in [3.8, 4) is 11.1 Å². The van der Waals surface area contributed by atoms with E-state index in [1.807, 2.05) is 12.1 Å². The molecule has 0 aliphatic heterocycles. The van der Waals surface area contributed by atoms with E-state index in [1.54, 1.807) is 0 Å². The van der Waals surface area contributed by atoms with E-state index >= 15 is 0 Å². The molecule has 0 saturated heterocycles. The molecule has 146 valence electrons. The number of hydrogen-bond donors (Lipinski definition) is 6. The lowest BCUT2D eigenvalue weighted by molar-refractivity contribution is -0.170. The van der Waals surface area contributed by atoms with Gasteiger partial charge in [0.1, 0.15) is 0 Å². The van der Waals surface area contributed by atoms with Gasteiger partial charge in [0.2, 0.25) is 0 Å². The lowest BCUT2D eigenvalue weighted by Gasteiger charge is -2.18. The number of rotatable bonds is 6. The highest BCUT2D eigenvalue weighted by Crippen LogP contribution is 2.17. The highest BCUT2D eigenvalue weighted by atomic mass is 16.4. The molecule has 2 aromatic rings. The zero-order chi connectivity index (χ0) is 20.9. The number of hydrogen-bond acceptors (Lipinski definition) is 6. The molecule has 0 amide bonds. The van der Waals surface area contributed by atoms with Gasteiger partial charge in [-0.2, -0.15) is 0 Å². The molecule has 0 aliphatic rings. The molecule has 0 spiro atoms. The molecule has 0 unspecified atom stereocenters. The monoisotopic (exact) mass is 378 g/mol. The number of carboxylic acid groups (broad SMARTS) is 3. The average molecular weight is 378 g/mol. The van der Waals surface area contributed by atoms with Crippen LogP contribution in [-0.2, 0) is 14.4 Å². The Morgan fingerprint density at radius 2 is 1.00 bits per heavy atom. The molecule has 2 aromatic carbocycles. The van der Waals surface area contributed by atoms with Crippen molar-refractivity contribution < 1.29 is 34.8 Å². The first-order valence-electron chi connectivity index (χ1n) is 7.58. The molecule has 2 rings (SSSR count). The van der Waals surface area contributed by atoms with Gasteiger partial charge in [0, 0.05) is 0 Å². The number of hydrazine groups is 1. The Bertz CT molecular complexity index is 668. The molecule has 0 atom stereocenters. The van der Waals surface area contributed by atoms with E-state index in [-0.39, 0.29) is 0 Å². The lowest BCUT2D eigenvalue weighted by atomic mass is 9.96. The van der Waals surface area contributed by atoms with Crippen LogP contribution in [0.2, 0.25) is 0 Å². The summed E-state index contributed by atoms with van der Waals surface area (Å²) in [5.41, 5.74) is -0.186. The van der Waals surface area contributed by atoms with E-state index in [0.29, 0.717) is 0 Å². The van der Waals surface area contributed by atoms with Crippen LogP contribution < -0.4 is 11.7 Å². The average Bonchev–Trinajstić information content (AvgIpc) is 2.64. The van der Waals surface area contributed by atoms with Crippen molar-refractivity contribution >= 4 is 17.9 Å². The van der Waals surface area contributed by atoms with Gasteiger partial charge in [-0.05, 0) is 11.1 Å². The Hall–Kier alpha value is -3.27. The second-order valence-electron chi connectivity index (χ2n) is 5.21. The van der Waals surface area contributed by atoms with Crippen molar-refractivity contribution in [1.29, 1.82) is 0 Å². The molecule has 9 nitrogen and oxygen atoms in total. The summed E-state index contributed by atoms with van der Waals surface area (Å²) in [5, 5.41) is 33.8. The summed E-state index contributed by atoms with van der Waals surface area (Å²) in [6.45, 7) is 0. The van der Waals surface area contributed by atoms with Crippen LogP contribution in [0.3, 0.4) is 0 Å². The topological polar surface area (TPSA) is 184 Å². The number of carbonyl (C=O) groups is 3. The van der Waals surface area contributed by atoms with Gasteiger partial charge in [0.25, 0.3) is 0 Å². The minimum absolute atomic E-state index is 1.14. The van der Waals surface area contributed by atoms with Gasteiger partial charge in [-0.1, -0.05) is 60.7 Å². The smallest absolute Gasteiger partial charge is 0.336 e. The Balaban J connectivity index is 0.000000459. The van der Waals surface area contributed by atoms with E-state index in [9.17, 15) is 14.4 Å². The highest BCUT2D eigenvalue weighted by Gasteiger charge is 2.40. The van der Waals surface area contributed by atoms with Crippen LogP contribution >= 0.6 is 0 Å². The molecule has 0 bridgehead atoms. The molecule has 0 heterocycles. The summed E-state index contributed by atoms with van der Waals surface area (Å²) >= 11 is 0. The largest absolute Gasteiger partial charge is 0.481 e. The molecule has 0 saturated carbocycles.